The van der Waals surface area contributed by atoms with Gasteiger partial charge in [0.1, 0.15) is 0 Å². The van der Waals surface area contributed by atoms with Crippen LogP contribution in [0.3, 0.4) is 0 Å². The number of carbonyl (C=O) groups excluding carboxylic acids is 1. The van der Waals surface area contributed by atoms with Gasteiger partial charge in [0.15, 0.2) is 5.69 Å². The van der Waals surface area contributed by atoms with E-state index in [1.807, 2.05) is 39.0 Å². The summed E-state index contributed by atoms with van der Waals surface area (Å²) in [6, 6.07) is 5.90. The van der Waals surface area contributed by atoms with Gasteiger partial charge in [0.25, 0.3) is 5.91 Å². The number of rotatable bonds is 3. The van der Waals surface area contributed by atoms with Crippen LogP contribution in [-0.4, -0.2) is 16.1 Å². The van der Waals surface area contributed by atoms with Crippen molar-refractivity contribution in [2.24, 2.45) is 0 Å². The molecule has 0 fully saturated rings. The number of carbonyl (C=O) groups is 1. The van der Waals surface area contributed by atoms with Gasteiger partial charge in [-0.3, -0.25) is 9.89 Å². The lowest BCUT2D eigenvalue weighted by Crippen LogP contribution is -2.15. The second-order valence-corrected chi connectivity index (χ2v) is 4.59. The van der Waals surface area contributed by atoms with E-state index in [0.717, 1.165) is 28.9 Å². The number of amides is 1. The highest BCUT2D eigenvalue weighted by molar-refractivity contribution is 6.06. The third kappa shape index (κ3) is 2.59. The molecule has 2 aromatic rings. The number of hydrogen-bond donors (Lipinski definition) is 3. The van der Waals surface area contributed by atoms with E-state index in [-0.39, 0.29) is 11.6 Å². The Balaban J connectivity index is 2.25. The van der Waals surface area contributed by atoms with Crippen LogP contribution in [0.15, 0.2) is 18.2 Å². The largest absolute Gasteiger partial charge is 0.395 e. The number of aryl methyl sites for hydroxylation is 3. The third-order valence-corrected chi connectivity index (χ3v) is 3.09. The third-order valence-electron chi connectivity index (χ3n) is 3.09. The van der Waals surface area contributed by atoms with Crippen molar-refractivity contribution in [1.82, 2.24) is 10.2 Å². The maximum Gasteiger partial charge on any atom is 0.278 e. The van der Waals surface area contributed by atoms with Gasteiger partial charge in [-0.2, -0.15) is 5.10 Å². The van der Waals surface area contributed by atoms with E-state index in [1.54, 1.807) is 0 Å². The molecule has 19 heavy (non-hydrogen) atoms. The van der Waals surface area contributed by atoms with E-state index in [0.29, 0.717) is 5.69 Å². The van der Waals surface area contributed by atoms with Gasteiger partial charge in [0.2, 0.25) is 0 Å². The highest BCUT2D eigenvalue weighted by atomic mass is 16.2. The van der Waals surface area contributed by atoms with Crippen molar-refractivity contribution in [1.29, 1.82) is 0 Å². The summed E-state index contributed by atoms with van der Waals surface area (Å²) < 4.78 is 0. The summed E-state index contributed by atoms with van der Waals surface area (Å²) in [6.07, 6.45) is 0.718. The second-order valence-electron chi connectivity index (χ2n) is 4.59. The van der Waals surface area contributed by atoms with Crippen molar-refractivity contribution in [3.05, 3.63) is 40.7 Å². The lowest BCUT2D eigenvalue weighted by atomic mass is 10.1. The summed E-state index contributed by atoms with van der Waals surface area (Å²) in [5.74, 6) is -0.290. The molecule has 100 valence electrons. The molecule has 1 aromatic carbocycles. The molecule has 0 bridgehead atoms. The van der Waals surface area contributed by atoms with Crippen molar-refractivity contribution < 1.29 is 4.79 Å². The predicted octanol–water partition coefficient (Wildman–Crippen LogP) is 2.42. The van der Waals surface area contributed by atoms with E-state index >= 15 is 0 Å². The molecule has 0 spiro atoms. The van der Waals surface area contributed by atoms with Crippen molar-refractivity contribution in [2.75, 3.05) is 11.1 Å². The normalized spacial score (nSPS) is 10.5. The van der Waals surface area contributed by atoms with Gasteiger partial charge in [-0.15, -0.1) is 0 Å². The zero-order valence-electron chi connectivity index (χ0n) is 11.4. The number of aromatic nitrogens is 2. The molecule has 0 aliphatic heterocycles. The van der Waals surface area contributed by atoms with Crippen LogP contribution >= 0.6 is 0 Å². The summed E-state index contributed by atoms with van der Waals surface area (Å²) in [6.45, 7) is 5.88. The van der Waals surface area contributed by atoms with Crippen LogP contribution in [0.5, 0.6) is 0 Å². The molecule has 5 heteroatoms. The first-order valence-electron chi connectivity index (χ1n) is 6.24. The summed E-state index contributed by atoms with van der Waals surface area (Å²) in [7, 11) is 0. The minimum atomic E-state index is -0.290. The van der Waals surface area contributed by atoms with Gasteiger partial charge < -0.3 is 11.1 Å². The van der Waals surface area contributed by atoms with Crippen LogP contribution in [0.2, 0.25) is 0 Å². The first-order chi connectivity index (χ1) is 9.02. The number of nitrogen functional groups attached to an aromatic ring is 1. The number of anilines is 2. The first kappa shape index (κ1) is 13.1. The summed E-state index contributed by atoms with van der Waals surface area (Å²) in [5, 5.41) is 9.60. The van der Waals surface area contributed by atoms with Gasteiger partial charge in [-0.25, -0.2) is 0 Å². The smallest absolute Gasteiger partial charge is 0.278 e. The Morgan fingerprint density at radius 1 is 1.42 bits per heavy atom. The first-order valence-corrected chi connectivity index (χ1v) is 6.24. The Bertz CT molecular complexity index is 616. The molecular weight excluding hydrogens is 240 g/mol. The molecule has 0 aliphatic rings. The molecule has 5 nitrogen and oxygen atoms in total. The van der Waals surface area contributed by atoms with Crippen molar-refractivity contribution in [2.45, 2.75) is 27.2 Å². The fourth-order valence-corrected chi connectivity index (χ4v) is 1.88. The zero-order chi connectivity index (χ0) is 14.0. The van der Waals surface area contributed by atoms with Crippen LogP contribution in [0, 0.1) is 13.8 Å². The van der Waals surface area contributed by atoms with Crippen molar-refractivity contribution in [3.63, 3.8) is 0 Å². The number of nitrogens with one attached hydrogen (secondary N) is 2. The van der Waals surface area contributed by atoms with E-state index in [2.05, 4.69) is 15.5 Å². The van der Waals surface area contributed by atoms with E-state index in [9.17, 15) is 4.79 Å². The molecule has 0 saturated heterocycles. The molecule has 1 amide bonds. The maximum absolute atomic E-state index is 12.2. The molecule has 4 N–H and O–H groups in total. The topological polar surface area (TPSA) is 83.8 Å². The Morgan fingerprint density at radius 2 is 2.16 bits per heavy atom. The van der Waals surface area contributed by atoms with Gasteiger partial charge in [0, 0.05) is 5.69 Å². The quantitative estimate of drug-likeness (QED) is 0.790. The average molecular weight is 258 g/mol. The van der Waals surface area contributed by atoms with Gasteiger partial charge in [-0.05, 0) is 37.5 Å². The summed E-state index contributed by atoms with van der Waals surface area (Å²) >= 11 is 0. The molecule has 0 aliphatic carbocycles. The number of benzene rings is 1. The van der Waals surface area contributed by atoms with Crippen molar-refractivity contribution in [3.8, 4) is 0 Å². The predicted molar refractivity (Wildman–Crippen MR) is 76.2 cm³/mol. The van der Waals surface area contributed by atoms with Crippen LogP contribution in [0.1, 0.15) is 34.2 Å². The Morgan fingerprint density at radius 3 is 2.79 bits per heavy atom. The average Bonchev–Trinajstić information content (AvgIpc) is 2.75. The van der Waals surface area contributed by atoms with Gasteiger partial charge in [0.05, 0.1) is 11.4 Å². The molecule has 0 unspecified atom stereocenters. The SMILES string of the molecule is CCc1[nH]nc(C(=O)Nc2cc(C)ccc2C)c1N. The highest BCUT2D eigenvalue weighted by Gasteiger charge is 2.17. The van der Waals surface area contributed by atoms with Crippen LogP contribution in [0.4, 0.5) is 11.4 Å². The Labute approximate surface area is 112 Å². The fraction of sp³-hybridized carbons (Fsp3) is 0.286. The minimum Gasteiger partial charge on any atom is -0.395 e. The monoisotopic (exact) mass is 258 g/mol. The summed E-state index contributed by atoms with van der Waals surface area (Å²) in [4.78, 5) is 12.2. The van der Waals surface area contributed by atoms with E-state index in [1.165, 1.54) is 0 Å². The lowest BCUT2D eigenvalue weighted by molar-refractivity contribution is 0.102. The van der Waals surface area contributed by atoms with Gasteiger partial charge >= 0.3 is 0 Å². The standard InChI is InChI=1S/C14H18N4O/c1-4-10-12(15)13(18-17-10)14(19)16-11-7-8(2)5-6-9(11)3/h5-7H,4,15H2,1-3H3,(H,16,19)(H,17,18). The molecule has 0 saturated carbocycles. The molecule has 0 radical (unpaired) electrons. The Kier molecular flexibility index (Phi) is 3.55. The van der Waals surface area contributed by atoms with Crippen LogP contribution in [-0.2, 0) is 6.42 Å². The number of H-pyrrole nitrogens is 1. The molecule has 1 aromatic heterocycles. The maximum atomic E-state index is 12.2. The lowest BCUT2D eigenvalue weighted by Gasteiger charge is -2.08. The number of nitrogens with zero attached hydrogens (tertiary/aromatic N) is 1. The fourth-order valence-electron chi connectivity index (χ4n) is 1.88. The van der Waals surface area contributed by atoms with Crippen LogP contribution < -0.4 is 11.1 Å². The second kappa shape index (κ2) is 5.14. The summed E-state index contributed by atoms with van der Waals surface area (Å²) in [5.41, 5.74) is 10.2. The number of aromatic amines is 1. The van der Waals surface area contributed by atoms with Crippen LogP contribution in [0.25, 0.3) is 0 Å². The number of hydrogen-bond acceptors (Lipinski definition) is 3. The highest BCUT2D eigenvalue weighted by Crippen LogP contribution is 2.20. The minimum absolute atomic E-state index is 0.248. The van der Waals surface area contributed by atoms with Gasteiger partial charge in [-0.1, -0.05) is 19.1 Å². The Hall–Kier alpha value is -2.30. The van der Waals surface area contributed by atoms with E-state index in [4.69, 9.17) is 5.73 Å². The number of nitrogens with two attached hydrogens (primary N) is 1. The molecule has 1 heterocycles. The molecule has 2 rings (SSSR count). The van der Waals surface area contributed by atoms with E-state index < -0.39 is 0 Å². The zero-order valence-corrected chi connectivity index (χ0v) is 11.4. The molecule has 0 atom stereocenters. The van der Waals surface area contributed by atoms with Crippen molar-refractivity contribution >= 4 is 17.3 Å². The molecular formula is C14H18N4O.